The van der Waals surface area contributed by atoms with E-state index in [1.807, 2.05) is 19.1 Å². The minimum absolute atomic E-state index is 0.0371. The van der Waals surface area contributed by atoms with Crippen LogP contribution >= 0.6 is 22.9 Å². The van der Waals surface area contributed by atoms with Gasteiger partial charge in [-0.1, -0.05) is 44.5 Å². The summed E-state index contributed by atoms with van der Waals surface area (Å²) in [6.07, 6.45) is 0.766. The second-order valence-electron chi connectivity index (χ2n) is 6.20. The Morgan fingerprint density at radius 3 is 2.60 bits per heavy atom. The highest BCUT2D eigenvalue weighted by molar-refractivity contribution is 7.09. The standard InChI is InChI=1S/C16H21ClN2S/c1-10-7-11(5-6-12(10)17)13(18)8-15-19-14(9-20-15)16(2,3)4/h5-7,9,13H,8,18H2,1-4H3. The fourth-order valence-electron chi connectivity index (χ4n) is 1.95. The van der Waals surface area contributed by atoms with Crippen LogP contribution in [0.5, 0.6) is 0 Å². The number of nitrogens with two attached hydrogens (primary N) is 1. The van der Waals surface area contributed by atoms with Crippen LogP contribution in [0.15, 0.2) is 23.6 Å². The molecule has 2 N–H and O–H groups in total. The average Bonchev–Trinajstić information content (AvgIpc) is 2.81. The Labute approximate surface area is 130 Å². The zero-order valence-corrected chi connectivity index (χ0v) is 14.0. The molecule has 20 heavy (non-hydrogen) atoms. The zero-order chi connectivity index (χ0) is 14.9. The highest BCUT2D eigenvalue weighted by atomic mass is 35.5. The van der Waals surface area contributed by atoms with Crippen molar-refractivity contribution in [1.29, 1.82) is 0 Å². The fourth-order valence-corrected chi connectivity index (χ4v) is 3.15. The number of halogens is 1. The Morgan fingerprint density at radius 1 is 1.35 bits per heavy atom. The smallest absolute Gasteiger partial charge is 0.0947 e. The fraction of sp³-hybridized carbons (Fsp3) is 0.438. The van der Waals surface area contributed by atoms with E-state index in [4.69, 9.17) is 22.3 Å². The molecule has 0 spiro atoms. The second kappa shape index (κ2) is 5.84. The summed E-state index contributed by atoms with van der Waals surface area (Å²) < 4.78 is 0. The lowest BCUT2D eigenvalue weighted by molar-refractivity contribution is 0.569. The first-order valence-electron chi connectivity index (χ1n) is 6.74. The first kappa shape index (κ1) is 15.5. The molecule has 2 aromatic rings. The van der Waals surface area contributed by atoms with Crippen LogP contribution in [-0.2, 0) is 11.8 Å². The van der Waals surface area contributed by atoms with Crippen molar-refractivity contribution in [2.45, 2.75) is 45.6 Å². The minimum Gasteiger partial charge on any atom is -0.324 e. The van der Waals surface area contributed by atoms with Gasteiger partial charge in [-0.3, -0.25) is 0 Å². The van der Waals surface area contributed by atoms with E-state index in [-0.39, 0.29) is 11.5 Å². The summed E-state index contributed by atoms with van der Waals surface area (Å²) in [6.45, 7) is 8.52. The van der Waals surface area contributed by atoms with Crippen molar-refractivity contribution in [1.82, 2.24) is 4.98 Å². The summed E-state index contributed by atoms with van der Waals surface area (Å²) in [5.74, 6) is 0. The van der Waals surface area contributed by atoms with Crippen LogP contribution in [0.3, 0.4) is 0 Å². The molecule has 0 saturated carbocycles. The van der Waals surface area contributed by atoms with Gasteiger partial charge in [0.15, 0.2) is 0 Å². The van der Waals surface area contributed by atoms with E-state index in [0.717, 1.165) is 33.3 Å². The third-order valence-corrected chi connectivity index (χ3v) is 4.62. The van der Waals surface area contributed by atoms with E-state index in [2.05, 4.69) is 32.2 Å². The number of thiazole rings is 1. The first-order chi connectivity index (χ1) is 9.27. The molecule has 0 aliphatic heterocycles. The molecule has 0 amide bonds. The van der Waals surface area contributed by atoms with Crippen LogP contribution < -0.4 is 5.73 Å². The van der Waals surface area contributed by atoms with Gasteiger partial charge in [-0.05, 0) is 24.1 Å². The number of aromatic nitrogens is 1. The summed E-state index contributed by atoms with van der Waals surface area (Å²) in [6, 6.07) is 5.93. The van der Waals surface area contributed by atoms with Gasteiger partial charge in [-0.25, -0.2) is 4.98 Å². The van der Waals surface area contributed by atoms with Crippen molar-refractivity contribution in [2.24, 2.45) is 5.73 Å². The van der Waals surface area contributed by atoms with Crippen molar-refractivity contribution < 1.29 is 0 Å². The number of aryl methyl sites for hydroxylation is 1. The third-order valence-electron chi connectivity index (χ3n) is 3.32. The van der Waals surface area contributed by atoms with Crippen molar-refractivity contribution in [2.75, 3.05) is 0 Å². The molecule has 0 radical (unpaired) electrons. The Hall–Kier alpha value is -0.900. The number of nitrogens with zero attached hydrogens (tertiary/aromatic N) is 1. The molecule has 4 heteroatoms. The Kier molecular flexibility index (Phi) is 4.52. The second-order valence-corrected chi connectivity index (χ2v) is 7.55. The first-order valence-corrected chi connectivity index (χ1v) is 7.99. The van der Waals surface area contributed by atoms with Crippen LogP contribution in [0.4, 0.5) is 0 Å². The molecule has 1 unspecified atom stereocenters. The molecule has 1 aromatic heterocycles. The number of hydrogen-bond donors (Lipinski definition) is 1. The Morgan fingerprint density at radius 2 is 2.05 bits per heavy atom. The maximum atomic E-state index is 6.29. The van der Waals surface area contributed by atoms with Gasteiger partial charge in [0.25, 0.3) is 0 Å². The average molecular weight is 309 g/mol. The SMILES string of the molecule is Cc1cc(C(N)Cc2nc(C(C)(C)C)cs2)ccc1Cl. The molecule has 1 aromatic carbocycles. The summed E-state index contributed by atoms with van der Waals surface area (Å²) in [5, 5.41) is 4.01. The van der Waals surface area contributed by atoms with Crippen LogP contribution in [0.25, 0.3) is 0 Å². The number of rotatable bonds is 3. The summed E-state index contributed by atoms with van der Waals surface area (Å²) in [4.78, 5) is 4.70. The monoisotopic (exact) mass is 308 g/mol. The molecule has 108 valence electrons. The summed E-state index contributed by atoms with van der Waals surface area (Å²) >= 11 is 7.74. The van der Waals surface area contributed by atoms with Gasteiger partial charge < -0.3 is 5.73 Å². The highest BCUT2D eigenvalue weighted by Gasteiger charge is 2.18. The van der Waals surface area contributed by atoms with Crippen molar-refractivity contribution in [3.8, 4) is 0 Å². The van der Waals surface area contributed by atoms with Crippen LogP contribution in [0.1, 0.15) is 48.6 Å². The molecule has 0 aliphatic rings. The van der Waals surface area contributed by atoms with Crippen LogP contribution in [0, 0.1) is 6.92 Å². The third kappa shape index (κ3) is 3.60. The van der Waals surface area contributed by atoms with E-state index >= 15 is 0 Å². The topological polar surface area (TPSA) is 38.9 Å². The molecule has 0 saturated heterocycles. The van der Waals surface area contributed by atoms with Crippen molar-refractivity contribution >= 4 is 22.9 Å². The molecule has 0 aliphatic carbocycles. The highest BCUT2D eigenvalue weighted by Crippen LogP contribution is 2.27. The molecule has 1 heterocycles. The molecule has 2 nitrogen and oxygen atoms in total. The van der Waals surface area contributed by atoms with Gasteiger partial charge in [-0.15, -0.1) is 11.3 Å². The van der Waals surface area contributed by atoms with Gasteiger partial charge in [0.05, 0.1) is 10.7 Å². The van der Waals surface area contributed by atoms with Gasteiger partial charge in [0, 0.05) is 28.3 Å². The maximum absolute atomic E-state index is 6.29. The van der Waals surface area contributed by atoms with E-state index < -0.39 is 0 Å². The largest absolute Gasteiger partial charge is 0.324 e. The molecule has 2 rings (SSSR count). The summed E-state index contributed by atoms with van der Waals surface area (Å²) in [5.41, 5.74) is 9.69. The molecule has 1 atom stereocenters. The Bertz CT molecular complexity index is 599. The van der Waals surface area contributed by atoms with Crippen LogP contribution in [-0.4, -0.2) is 4.98 Å². The van der Waals surface area contributed by atoms with E-state index in [1.165, 1.54) is 0 Å². The van der Waals surface area contributed by atoms with Crippen molar-refractivity contribution in [3.63, 3.8) is 0 Å². The predicted octanol–water partition coefficient (Wildman–Crippen LogP) is 4.64. The van der Waals surface area contributed by atoms with Gasteiger partial charge in [0.1, 0.15) is 0 Å². The predicted molar refractivity (Wildman–Crippen MR) is 87.6 cm³/mol. The number of hydrogen-bond acceptors (Lipinski definition) is 3. The van der Waals surface area contributed by atoms with E-state index in [9.17, 15) is 0 Å². The summed E-state index contributed by atoms with van der Waals surface area (Å²) in [7, 11) is 0. The molecule has 0 fully saturated rings. The van der Waals surface area contributed by atoms with Gasteiger partial charge in [0.2, 0.25) is 0 Å². The van der Waals surface area contributed by atoms with Gasteiger partial charge >= 0.3 is 0 Å². The molecular weight excluding hydrogens is 288 g/mol. The van der Waals surface area contributed by atoms with Crippen molar-refractivity contribution in [3.05, 3.63) is 50.4 Å². The minimum atomic E-state index is -0.0371. The zero-order valence-electron chi connectivity index (χ0n) is 12.4. The quantitative estimate of drug-likeness (QED) is 0.896. The molecule has 0 bridgehead atoms. The molecular formula is C16H21ClN2S. The van der Waals surface area contributed by atoms with Gasteiger partial charge in [-0.2, -0.15) is 0 Å². The lowest BCUT2D eigenvalue weighted by atomic mass is 9.93. The van der Waals surface area contributed by atoms with Crippen LogP contribution in [0.2, 0.25) is 5.02 Å². The Balaban J connectivity index is 2.13. The number of benzene rings is 1. The lowest BCUT2D eigenvalue weighted by Gasteiger charge is -2.15. The lowest BCUT2D eigenvalue weighted by Crippen LogP contribution is -2.15. The van der Waals surface area contributed by atoms with E-state index in [0.29, 0.717) is 0 Å². The van der Waals surface area contributed by atoms with E-state index in [1.54, 1.807) is 11.3 Å². The maximum Gasteiger partial charge on any atom is 0.0947 e. The normalized spacial score (nSPS) is 13.5.